The molecule has 0 bridgehead atoms. The average molecular weight is 268 g/mol. The molecule has 2 aliphatic heterocycles. The molecule has 0 aliphatic carbocycles. The number of hydrogen-bond acceptors (Lipinski definition) is 3. The molecular formula is C14H24N2O3. The van der Waals surface area contributed by atoms with E-state index < -0.39 is 0 Å². The Morgan fingerprint density at radius 2 is 1.63 bits per heavy atom. The second-order valence-corrected chi connectivity index (χ2v) is 6.43. The zero-order valence-corrected chi connectivity index (χ0v) is 12.1. The molecule has 5 nitrogen and oxygen atoms in total. The maximum atomic E-state index is 12.2. The van der Waals surface area contributed by atoms with Gasteiger partial charge in [0, 0.05) is 38.2 Å². The van der Waals surface area contributed by atoms with Gasteiger partial charge >= 0.3 is 0 Å². The summed E-state index contributed by atoms with van der Waals surface area (Å²) >= 11 is 0. The van der Waals surface area contributed by atoms with E-state index in [1.54, 1.807) is 0 Å². The summed E-state index contributed by atoms with van der Waals surface area (Å²) in [6, 6.07) is 0. The Morgan fingerprint density at radius 1 is 1.05 bits per heavy atom. The van der Waals surface area contributed by atoms with Gasteiger partial charge in [-0.3, -0.25) is 9.59 Å². The van der Waals surface area contributed by atoms with Gasteiger partial charge in [-0.05, 0) is 6.42 Å². The third kappa shape index (κ3) is 3.26. The molecule has 19 heavy (non-hydrogen) atoms. The molecular weight excluding hydrogens is 244 g/mol. The van der Waals surface area contributed by atoms with E-state index in [9.17, 15) is 9.59 Å². The Hall–Kier alpha value is -1.10. The number of rotatable bonds is 1. The first-order valence-electron chi connectivity index (χ1n) is 7.05. The van der Waals surface area contributed by atoms with Crippen molar-refractivity contribution in [2.45, 2.75) is 27.2 Å². The molecule has 2 saturated heterocycles. The van der Waals surface area contributed by atoms with Gasteiger partial charge in [-0.25, -0.2) is 0 Å². The van der Waals surface area contributed by atoms with Crippen molar-refractivity contribution in [3.05, 3.63) is 0 Å². The number of piperazine rings is 1. The molecule has 1 unspecified atom stereocenters. The summed E-state index contributed by atoms with van der Waals surface area (Å²) in [5.74, 6) is 0.397. The monoisotopic (exact) mass is 268 g/mol. The lowest BCUT2D eigenvalue weighted by molar-refractivity contribution is -0.146. The van der Waals surface area contributed by atoms with Crippen LogP contribution in [0, 0.1) is 11.3 Å². The van der Waals surface area contributed by atoms with E-state index in [4.69, 9.17) is 4.74 Å². The fourth-order valence-electron chi connectivity index (χ4n) is 2.59. The molecule has 2 aliphatic rings. The van der Waals surface area contributed by atoms with Gasteiger partial charge in [-0.1, -0.05) is 20.8 Å². The average Bonchev–Trinajstić information content (AvgIpc) is 2.90. The second kappa shape index (κ2) is 5.49. The van der Waals surface area contributed by atoms with Crippen LogP contribution in [0.15, 0.2) is 0 Å². The fourth-order valence-corrected chi connectivity index (χ4v) is 2.59. The van der Waals surface area contributed by atoms with Gasteiger partial charge in [0.15, 0.2) is 0 Å². The van der Waals surface area contributed by atoms with E-state index in [0.717, 1.165) is 6.42 Å². The van der Waals surface area contributed by atoms with E-state index in [2.05, 4.69) is 0 Å². The van der Waals surface area contributed by atoms with Crippen LogP contribution < -0.4 is 0 Å². The normalized spacial score (nSPS) is 24.7. The van der Waals surface area contributed by atoms with Gasteiger partial charge in [0.25, 0.3) is 0 Å². The summed E-state index contributed by atoms with van der Waals surface area (Å²) in [5, 5.41) is 0. The predicted octanol–water partition coefficient (Wildman–Crippen LogP) is 0.740. The molecule has 0 aromatic heterocycles. The Kier molecular flexibility index (Phi) is 4.13. The highest BCUT2D eigenvalue weighted by Gasteiger charge is 2.33. The van der Waals surface area contributed by atoms with Crippen LogP contribution >= 0.6 is 0 Å². The number of hydrogen-bond donors (Lipinski definition) is 0. The lowest BCUT2D eigenvalue weighted by Crippen LogP contribution is -2.54. The zero-order valence-electron chi connectivity index (χ0n) is 12.1. The summed E-state index contributed by atoms with van der Waals surface area (Å²) in [5.41, 5.74) is -0.342. The SMILES string of the molecule is CC(C)(C)C(=O)N1CCN(C(=O)C2CCOC2)CC1. The molecule has 2 heterocycles. The minimum atomic E-state index is -0.342. The Morgan fingerprint density at radius 3 is 2.11 bits per heavy atom. The van der Waals surface area contributed by atoms with Crippen molar-refractivity contribution < 1.29 is 14.3 Å². The molecule has 2 rings (SSSR count). The second-order valence-electron chi connectivity index (χ2n) is 6.43. The molecule has 108 valence electrons. The van der Waals surface area contributed by atoms with Crippen molar-refractivity contribution in [3.63, 3.8) is 0 Å². The van der Waals surface area contributed by atoms with Crippen LogP contribution in [0.2, 0.25) is 0 Å². The van der Waals surface area contributed by atoms with Crippen molar-refractivity contribution in [2.75, 3.05) is 39.4 Å². The lowest BCUT2D eigenvalue weighted by Gasteiger charge is -2.38. The van der Waals surface area contributed by atoms with Crippen molar-refractivity contribution in [1.29, 1.82) is 0 Å². The largest absolute Gasteiger partial charge is 0.381 e. The van der Waals surface area contributed by atoms with Crippen LogP contribution in [-0.4, -0.2) is 61.0 Å². The number of carbonyl (C=O) groups excluding carboxylic acids is 2. The van der Waals surface area contributed by atoms with Crippen LogP contribution in [-0.2, 0) is 14.3 Å². The number of amides is 2. The first-order valence-corrected chi connectivity index (χ1v) is 7.05. The number of carbonyl (C=O) groups is 2. The topological polar surface area (TPSA) is 49.9 Å². The minimum absolute atomic E-state index is 0.0323. The molecule has 0 aromatic rings. The van der Waals surface area contributed by atoms with E-state index in [1.807, 2.05) is 30.6 Å². The molecule has 5 heteroatoms. The molecule has 1 atom stereocenters. The van der Waals surface area contributed by atoms with Gasteiger partial charge in [0.1, 0.15) is 0 Å². The summed E-state index contributed by atoms with van der Waals surface area (Å²) in [7, 11) is 0. The van der Waals surface area contributed by atoms with E-state index in [0.29, 0.717) is 39.4 Å². The Labute approximate surface area is 114 Å². The van der Waals surface area contributed by atoms with Gasteiger partial charge in [0.05, 0.1) is 12.5 Å². The Balaban J connectivity index is 1.85. The highest BCUT2D eigenvalue weighted by molar-refractivity contribution is 5.82. The molecule has 0 N–H and O–H groups in total. The fraction of sp³-hybridized carbons (Fsp3) is 0.857. The number of ether oxygens (including phenoxy) is 1. The van der Waals surface area contributed by atoms with Crippen LogP contribution in [0.5, 0.6) is 0 Å². The summed E-state index contributed by atoms with van der Waals surface area (Å²) in [6.07, 6.45) is 0.833. The quantitative estimate of drug-likeness (QED) is 0.705. The first kappa shape index (κ1) is 14.3. The van der Waals surface area contributed by atoms with Crippen LogP contribution in [0.1, 0.15) is 27.2 Å². The zero-order chi connectivity index (χ0) is 14.0. The van der Waals surface area contributed by atoms with Gasteiger partial charge in [0.2, 0.25) is 11.8 Å². The van der Waals surface area contributed by atoms with Gasteiger partial charge in [-0.2, -0.15) is 0 Å². The smallest absolute Gasteiger partial charge is 0.228 e. The summed E-state index contributed by atoms with van der Waals surface area (Å²) < 4.78 is 5.26. The van der Waals surface area contributed by atoms with Crippen molar-refractivity contribution in [1.82, 2.24) is 9.80 Å². The van der Waals surface area contributed by atoms with Crippen LogP contribution in [0.4, 0.5) is 0 Å². The molecule has 0 saturated carbocycles. The Bertz CT molecular complexity index is 348. The van der Waals surface area contributed by atoms with Crippen molar-refractivity contribution >= 4 is 11.8 Å². The molecule has 0 spiro atoms. The predicted molar refractivity (Wildman–Crippen MR) is 71.5 cm³/mol. The van der Waals surface area contributed by atoms with E-state index in [-0.39, 0.29) is 23.1 Å². The van der Waals surface area contributed by atoms with Crippen molar-refractivity contribution in [3.8, 4) is 0 Å². The maximum Gasteiger partial charge on any atom is 0.228 e. The van der Waals surface area contributed by atoms with Crippen molar-refractivity contribution in [2.24, 2.45) is 11.3 Å². The summed E-state index contributed by atoms with van der Waals surface area (Å²) in [6.45, 7) is 9.65. The molecule has 2 fully saturated rings. The third-order valence-corrected chi connectivity index (χ3v) is 3.80. The van der Waals surface area contributed by atoms with E-state index >= 15 is 0 Å². The summed E-state index contributed by atoms with van der Waals surface area (Å²) in [4.78, 5) is 28.1. The minimum Gasteiger partial charge on any atom is -0.381 e. The van der Waals surface area contributed by atoms with E-state index in [1.165, 1.54) is 0 Å². The molecule has 0 aromatic carbocycles. The molecule has 0 radical (unpaired) electrons. The van der Waals surface area contributed by atoms with Crippen LogP contribution in [0.3, 0.4) is 0 Å². The maximum absolute atomic E-state index is 12.2. The lowest BCUT2D eigenvalue weighted by atomic mass is 9.94. The highest BCUT2D eigenvalue weighted by atomic mass is 16.5. The molecule has 2 amide bonds. The third-order valence-electron chi connectivity index (χ3n) is 3.80. The highest BCUT2D eigenvalue weighted by Crippen LogP contribution is 2.20. The number of nitrogens with zero attached hydrogens (tertiary/aromatic N) is 2. The standard InChI is InChI=1S/C14H24N2O3/c1-14(2,3)13(18)16-7-5-15(6-8-16)12(17)11-4-9-19-10-11/h11H,4-10H2,1-3H3. The van der Waals surface area contributed by atoms with Gasteiger partial charge in [-0.15, -0.1) is 0 Å². The van der Waals surface area contributed by atoms with Crippen LogP contribution in [0.25, 0.3) is 0 Å². The first-order chi connectivity index (χ1) is 8.89. The van der Waals surface area contributed by atoms with Gasteiger partial charge < -0.3 is 14.5 Å².